The maximum Gasteiger partial charge on any atom is 0.315 e. The number of urea groups is 1. The maximum absolute atomic E-state index is 11.5. The highest BCUT2D eigenvalue weighted by molar-refractivity contribution is 5.74. The van der Waals surface area contributed by atoms with E-state index < -0.39 is 0 Å². The van der Waals surface area contributed by atoms with E-state index in [-0.39, 0.29) is 6.03 Å². The minimum absolute atomic E-state index is 0.0227. The Balaban J connectivity index is 1.63. The van der Waals surface area contributed by atoms with Crippen LogP contribution >= 0.6 is 0 Å². The molecule has 5 nitrogen and oxygen atoms in total. The second kappa shape index (κ2) is 5.50. The van der Waals surface area contributed by atoms with Crippen molar-refractivity contribution in [3.8, 4) is 0 Å². The summed E-state index contributed by atoms with van der Waals surface area (Å²) < 4.78 is 0. The van der Waals surface area contributed by atoms with Gasteiger partial charge in [0.2, 0.25) is 0 Å². The molecule has 2 amide bonds. The normalized spacial score (nSPS) is 27.2. The van der Waals surface area contributed by atoms with E-state index in [0.717, 1.165) is 26.2 Å². The van der Waals surface area contributed by atoms with E-state index in [2.05, 4.69) is 27.9 Å². The second-order valence-corrected chi connectivity index (χ2v) is 4.84. The molecule has 0 aromatic carbocycles. The Hall–Kier alpha value is -0.810. The van der Waals surface area contributed by atoms with Crippen LogP contribution in [0, 0.1) is 0 Å². The van der Waals surface area contributed by atoms with Gasteiger partial charge < -0.3 is 20.9 Å². The first kappa shape index (κ1) is 11.7. The fourth-order valence-corrected chi connectivity index (χ4v) is 2.24. The minimum atomic E-state index is -0.0227. The van der Waals surface area contributed by atoms with Crippen molar-refractivity contribution in [2.24, 2.45) is 0 Å². The Labute approximate surface area is 96.9 Å². The van der Waals surface area contributed by atoms with Crippen LogP contribution in [0.5, 0.6) is 0 Å². The van der Waals surface area contributed by atoms with Gasteiger partial charge in [-0.15, -0.1) is 0 Å². The van der Waals surface area contributed by atoms with Gasteiger partial charge >= 0.3 is 6.03 Å². The van der Waals surface area contributed by atoms with E-state index in [1.807, 2.05) is 0 Å². The molecule has 2 aliphatic rings. The molecule has 2 rings (SSSR count). The molecule has 92 valence electrons. The molecule has 16 heavy (non-hydrogen) atoms. The summed E-state index contributed by atoms with van der Waals surface area (Å²) in [6.07, 6.45) is 3.76. The Morgan fingerprint density at radius 1 is 1.44 bits per heavy atom. The average Bonchev–Trinajstić information content (AvgIpc) is 2.22. The third-order valence-electron chi connectivity index (χ3n) is 3.54. The number of rotatable bonds is 3. The molecule has 1 atom stereocenters. The van der Waals surface area contributed by atoms with Crippen molar-refractivity contribution in [1.29, 1.82) is 0 Å². The smallest absolute Gasteiger partial charge is 0.315 e. The van der Waals surface area contributed by atoms with Gasteiger partial charge in [-0.3, -0.25) is 0 Å². The van der Waals surface area contributed by atoms with Crippen LogP contribution in [0.25, 0.3) is 0 Å². The fraction of sp³-hybridized carbons (Fsp3) is 0.909. The molecule has 0 bridgehead atoms. The number of piperidine rings is 1. The number of likely N-dealkylation sites (tertiary alicyclic amines) is 1. The third kappa shape index (κ3) is 3.09. The van der Waals surface area contributed by atoms with E-state index in [9.17, 15) is 4.79 Å². The third-order valence-corrected chi connectivity index (χ3v) is 3.54. The van der Waals surface area contributed by atoms with Crippen LogP contribution in [0.2, 0.25) is 0 Å². The van der Waals surface area contributed by atoms with Gasteiger partial charge in [-0.25, -0.2) is 4.79 Å². The van der Waals surface area contributed by atoms with Crippen LogP contribution in [-0.2, 0) is 0 Å². The van der Waals surface area contributed by atoms with Crippen LogP contribution in [0.1, 0.15) is 19.3 Å². The zero-order chi connectivity index (χ0) is 11.4. The van der Waals surface area contributed by atoms with Crippen molar-refractivity contribution >= 4 is 6.03 Å². The van der Waals surface area contributed by atoms with Crippen LogP contribution in [0.4, 0.5) is 4.79 Å². The summed E-state index contributed by atoms with van der Waals surface area (Å²) >= 11 is 0. The number of nitrogens with one attached hydrogen (secondary N) is 3. The highest BCUT2D eigenvalue weighted by Crippen LogP contribution is 2.13. The molecular formula is C11H22N4O. The van der Waals surface area contributed by atoms with Gasteiger partial charge in [-0.05, 0) is 26.4 Å². The number of carbonyl (C=O) groups is 1. The van der Waals surface area contributed by atoms with Crippen molar-refractivity contribution in [3.05, 3.63) is 0 Å². The summed E-state index contributed by atoms with van der Waals surface area (Å²) in [6, 6.07) is 0.813. The molecular weight excluding hydrogens is 204 g/mol. The summed E-state index contributed by atoms with van der Waals surface area (Å²) in [5, 5.41) is 9.03. The van der Waals surface area contributed by atoms with Gasteiger partial charge in [0.25, 0.3) is 0 Å². The monoisotopic (exact) mass is 226 g/mol. The first-order valence-electron chi connectivity index (χ1n) is 6.21. The van der Waals surface area contributed by atoms with Crippen molar-refractivity contribution in [1.82, 2.24) is 20.9 Å². The molecule has 2 saturated heterocycles. The van der Waals surface area contributed by atoms with Crippen LogP contribution in [0.3, 0.4) is 0 Å². The molecule has 0 spiro atoms. The Morgan fingerprint density at radius 2 is 2.25 bits per heavy atom. The molecule has 5 heteroatoms. The maximum atomic E-state index is 11.5. The van der Waals surface area contributed by atoms with Gasteiger partial charge in [0, 0.05) is 25.7 Å². The largest absolute Gasteiger partial charge is 0.337 e. The summed E-state index contributed by atoms with van der Waals surface area (Å²) in [7, 11) is 2.14. The fourth-order valence-electron chi connectivity index (χ4n) is 2.24. The van der Waals surface area contributed by atoms with E-state index in [1.54, 1.807) is 0 Å². The summed E-state index contributed by atoms with van der Waals surface area (Å²) in [6.45, 7) is 3.72. The second-order valence-electron chi connectivity index (χ2n) is 4.84. The van der Waals surface area contributed by atoms with Crippen molar-refractivity contribution in [2.75, 3.05) is 33.2 Å². The SMILES string of the molecule is CN1CCCCC1CNC(=O)NC1CNC1. The van der Waals surface area contributed by atoms with Crippen LogP contribution in [-0.4, -0.2) is 56.2 Å². The van der Waals surface area contributed by atoms with Crippen molar-refractivity contribution in [2.45, 2.75) is 31.3 Å². The summed E-state index contributed by atoms with van der Waals surface area (Å²) in [4.78, 5) is 13.9. The highest BCUT2D eigenvalue weighted by Gasteiger charge is 2.21. The predicted molar refractivity (Wildman–Crippen MR) is 63.5 cm³/mol. The highest BCUT2D eigenvalue weighted by atomic mass is 16.2. The van der Waals surface area contributed by atoms with Crippen LogP contribution in [0.15, 0.2) is 0 Å². The molecule has 1 unspecified atom stereocenters. The number of nitrogens with zero attached hydrogens (tertiary/aromatic N) is 1. The van der Waals surface area contributed by atoms with Gasteiger partial charge in [-0.2, -0.15) is 0 Å². The lowest BCUT2D eigenvalue weighted by atomic mass is 10.0. The minimum Gasteiger partial charge on any atom is -0.337 e. The molecule has 0 aromatic heterocycles. The number of hydrogen-bond acceptors (Lipinski definition) is 3. The van der Waals surface area contributed by atoms with Crippen LogP contribution < -0.4 is 16.0 Å². The molecule has 3 N–H and O–H groups in total. The Morgan fingerprint density at radius 3 is 2.88 bits per heavy atom. The van der Waals surface area contributed by atoms with Gasteiger partial charge in [0.05, 0.1) is 6.04 Å². The molecule has 0 saturated carbocycles. The molecule has 2 fully saturated rings. The van der Waals surface area contributed by atoms with E-state index >= 15 is 0 Å². The van der Waals surface area contributed by atoms with E-state index in [4.69, 9.17) is 0 Å². The number of carbonyl (C=O) groups excluding carboxylic acids is 1. The predicted octanol–water partition coefficient (Wildman–Crippen LogP) is -0.258. The lowest BCUT2D eigenvalue weighted by Gasteiger charge is -2.33. The Bertz CT molecular complexity index is 242. The van der Waals surface area contributed by atoms with E-state index in [1.165, 1.54) is 19.3 Å². The molecule has 0 aliphatic carbocycles. The molecule has 0 radical (unpaired) electrons. The lowest BCUT2D eigenvalue weighted by Crippen LogP contribution is -2.59. The van der Waals surface area contributed by atoms with Gasteiger partial charge in [0.15, 0.2) is 0 Å². The summed E-state index contributed by atoms with van der Waals surface area (Å²) in [5.74, 6) is 0. The van der Waals surface area contributed by atoms with Gasteiger partial charge in [-0.1, -0.05) is 6.42 Å². The van der Waals surface area contributed by atoms with Crippen molar-refractivity contribution in [3.63, 3.8) is 0 Å². The average molecular weight is 226 g/mol. The number of amides is 2. The number of likely N-dealkylation sites (N-methyl/N-ethyl adjacent to an activating group) is 1. The molecule has 2 heterocycles. The Kier molecular flexibility index (Phi) is 4.01. The van der Waals surface area contributed by atoms with E-state index in [0.29, 0.717) is 12.1 Å². The topological polar surface area (TPSA) is 56.4 Å². The van der Waals surface area contributed by atoms with Crippen molar-refractivity contribution < 1.29 is 4.79 Å². The summed E-state index contributed by atoms with van der Waals surface area (Å²) in [5.41, 5.74) is 0. The zero-order valence-electron chi connectivity index (χ0n) is 9.96. The zero-order valence-corrected chi connectivity index (χ0v) is 9.96. The van der Waals surface area contributed by atoms with Gasteiger partial charge in [0.1, 0.15) is 0 Å². The molecule has 2 aliphatic heterocycles. The first-order valence-corrected chi connectivity index (χ1v) is 6.21. The quantitative estimate of drug-likeness (QED) is 0.621. The first-order chi connectivity index (χ1) is 7.75. The standard InChI is InChI=1S/C11H22N4O/c1-15-5-3-2-4-10(15)8-13-11(16)14-9-6-12-7-9/h9-10,12H,2-8H2,1H3,(H2,13,14,16). The lowest BCUT2D eigenvalue weighted by molar-refractivity contribution is 0.178. The molecule has 0 aromatic rings. The number of hydrogen-bond donors (Lipinski definition) is 3.